The van der Waals surface area contributed by atoms with Crippen LogP contribution in [0.1, 0.15) is 47.0 Å². The fourth-order valence-corrected chi connectivity index (χ4v) is 3.67. The summed E-state index contributed by atoms with van der Waals surface area (Å²) in [6.07, 6.45) is 2.95. The van der Waals surface area contributed by atoms with Gasteiger partial charge in [0.05, 0.1) is 5.25 Å². The lowest BCUT2D eigenvalue weighted by molar-refractivity contribution is 0.394. The molecule has 1 rings (SSSR count). The Morgan fingerprint density at radius 1 is 1.29 bits per heavy atom. The molecule has 0 radical (unpaired) electrons. The molecule has 0 aromatic carbocycles. The predicted octanol–water partition coefficient (Wildman–Crippen LogP) is 1.58. The molecule has 1 fully saturated rings. The van der Waals surface area contributed by atoms with Crippen LogP contribution in [0.15, 0.2) is 0 Å². The lowest BCUT2D eigenvalue weighted by Crippen LogP contribution is -2.44. The Bertz CT molecular complexity index is 323. The maximum Gasteiger partial charge on any atom is 0.218 e. The van der Waals surface area contributed by atoms with E-state index in [0.717, 1.165) is 19.3 Å². The highest BCUT2D eigenvalue weighted by atomic mass is 32.2. The number of sulfonamides is 1. The molecule has 1 saturated carbocycles. The molecule has 17 heavy (non-hydrogen) atoms. The first-order valence-electron chi connectivity index (χ1n) is 6.63. The molecule has 1 unspecified atom stereocenters. The molecule has 1 atom stereocenters. The second-order valence-corrected chi connectivity index (χ2v) is 7.56. The van der Waals surface area contributed by atoms with E-state index in [4.69, 9.17) is 0 Å². The van der Waals surface area contributed by atoms with Crippen molar-refractivity contribution < 1.29 is 8.42 Å². The highest BCUT2D eigenvalue weighted by molar-refractivity contribution is 7.89. The van der Waals surface area contributed by atoms with Crippen molar-refractivity contribution >= 4 is 10.0 Å². The van der Waals surface area contributed by atoms with Crippen LogP contribution in [0.5, 0.6) is 0 Å². The van der Waals surface area contributed by atoms with Crippen molar-refractivity contribution in [3.8, 4) is 0 Å². The highest BCUT2D eigenvalue weighted by Crippen LogP contribution is 2.30. The van der Waals surface area contributed by atoms with Gasteiger partial charge in [0, 0.05) is 25.2 Å². The van der Waals surface area contributed by atoms with Crippen LogP contribution >= 0.6 is 0 Å². The molecule has 0 aromatic rings. The smallest absolute Gasteiger partial charge is 0.218 e. The topological polar surface area (TPSA) is 49.4 Å². The number of hydrogen-bond donors (Lipinski definition) is 1. The third-order valence-electron chi connectivity index (χ3n) is 3.05. The summed E-state index contributed by atoms with van der Waals surface area (Å²) >= 11 is 0. The molecule has 0 amide bonds. The lowest BCUT2D eigenvalue weighted by Gasteiger charge is -2.26. The number of nitrogens with zero attached hydrogens (tertiary/aromatic N) is 1. The quantitative estimate of drug-likeness (QED) is 0.722. The zero-order valence-corrected chi connectivity index (χ0v) is 12.3. The van der Waals surface area contributed by atoms with Gasteiger partial charge in [-0.15, -0.1) is 0 Å². The second-order valence-electron chi connectivity index (χ2n) is 5.26. The minimum atomic E-state index is -3.12. The molecule has 1 aliphatic carbocycles. The Morgan fingerprint density at radius 2 is 1.88 bits per heavy atom. The van der Waals surface area contributed by atoms with Gasteiger partial charge in [0.1, 0.15) is 0 Å². The van der Waals surface area contributed by atoms with Crippen LogP contribution in [-0.2, 0) is 10.0 Å². The maximum absolute atomic E-state index is 12.4. The van der Waals surface area contributed by atoms with E-state index in [1.165, 1.54) is 0 Å². The first kappa shape index (κ1) is 14.9. The zero-order chi connectivity index (χ0) is 13.1. The third kappa shape index (κ3) is 4.23. The average Bonchev–Trinajstić information content (AvgIpc) is 3.05. The molecule has 102 valence electrons. The van der Waals surface area contributed by atoms with Crippen LogP contribution in [-0.4, -0.2) is 43.1 Å². The van der Waals surface area contributed by atoms with Gasteiger partial charge in [-0.25, -0.2) is 8.42 Å². The van der Waals surface area contributed by atoms with Crippen molar-refractivity contribution in [1.82, 2.24) is 9.62 Å². The Morgan fingerprint density at radius 3 is 2.29 bits per heavy atom. The molecule has 1 N–H and O–H groups in total. The minimum absolute atomic E-state index is 0.279. The molecular formula is C12H26N2O2S. The maximum atomic E-state index is 12.4. The summed E-state index contributed by atoms with van der Waals surface area (Å²) in [5.41, 5.74) is 0. The molecule has 0 aromatic heterocycles. The Kier molecular flexibility index (Phi) is 5.41. The van der Waals surface area contributed by atoms with E-state index in [-0.39, 0.29) is 11.3 Å². The van der Waals surface area contributed by atoms with Crippen molar-refractivity contribution in [2.75, 3.05) is 13.1 Å². The van der Waals surface area contributed by atoms with E-state index in [1.807, 2.05) is 20.8 Å². The van der Waals surface area contributed by atoms with Crippen LogP contribution in [0.25, 0.3) is 0 Å². The summed E-state index contributed by atoms with van der Waals surface area (Å²) in [7, 11) is -3.12. The molecule has 0 saturated heterocycles. The predicted molar refractivity (Wildman–Crippen MR) is 71.5 cm³/mol. The van der Waals surface area contributed by atoms with Gasteiger partial charge in [0.15, 0.2) is 0 Å². The largest absolute Gasteiger partial charge is 0.313 e. The number of nitrogens with one attached hydrogen (secondary N) is 1. The highest BCUT2D eigenvalue weighted by Gasteiger charge is 2.38. The normalized spacial score (nSPS) is 18.9. The Hall–Kier alpha value is -0.130. The molecule has 1 aliphatic rings. The fourth-order valence-electron chi connectivity index (χ4n) is 1.84. The monoisotopic (exact) mass is 262 g/mol. The van der Waals surface area contributed by atoms with Gasteiger partial charge < -0.3 is 5.32 Å². The SMILES string of the molecule is CCCN(C1CC1)S(=O)(=O)C(C)CNC(C)C. The molecule has 5 heteroatoms. The van der Waals surface area contributed by atoms with E-state index in [1.54, 1.807) is 11.2 Å². The van der Waals surface area contributed by atoms with Gasteiger partial charge in [-0.1, -0.05) is 20.8 Å². The summed E-state index contributed by atoms with van der Waals surface area (Å²) in [6.45, 7) is 9.09. The average molecular weight is 262 g/mol. The number of rotatable bonds is 8. The van der Waals surface area contributed by atoms with Gasteiger partial charge in [0.2, 0.25) is 10.0 Å². The first-order valence-corrected chi connectivity index (χ1v) is 8.14. The van der Waals surface area contributed by atoms with Crippen molar-refractivity contribution in [3.05, 3.63) is 0 Å². The van der Waals surface area contributed by atoms with Gasteiger partial charge in [-0.3, -0.25) is 0 Å². The van der Waals surface area contributed by atoms with E-state index >= 15 is 0 Å². The molecule has 0 heterocycles. The van der Waals surface area contributed by atoms with Gasteiger partial charge >= 0.3 is 0 Å². The molecular weight excluding hydrogens is 236 g/mol. The van der Waals surface area contributed by atoms with Crippen LogP contribution in [0.4, 0.5) is 0 Å². The van der Waals surface area contributed by atoms with Crippen molar-refractivity contribution in [3.63, 3.8) is 0 Å². The molecule has 4 nitrogen and oxygen atoms in total. The summed E-state index contributed by atoms with van der Waals surface area (Å²) in [5, 5.41) is 2.87. The second kappa shape index (κ2) is 6.16. The first-order chi connectivity index (χ1) is 7.89. The van der Waals surface area contributed by atoms with Crippen molar-refractivity contribution in [2.45, 2.75) is 64.3 Å². The minimum Gasteiger partial charge on any atom is -0.313 e. The summed E-state index contributed by atoms with van der Waals surface area (Å²) < 4.78 is 26.5. The standard InChI is InChI=1S/C12H26N2O2S/c1-5-8-14(12-6-7-12)17(15,16)11(4)9-13-10(2)3/h10-13H,5-9H2,1-4H3. The zero-order valence-electron chi connectivity index (χ0n) is 11.4. The van der Waals surface area contributed by atoms with E-state index in [0.29, 0.717) is 19.1 Å². The fraction of sp³-hybridized carbons (Fsp3) is 1.00. The van der Waals surface area contributed by atoms with Crippen LogP contribution in [0.3, 0.4) is 0 Å². The van der Waals surface area contributed by atoms with Crippen LogP contribution in [0, 0.1) is 0 Å². The third-order valence-corrected chi connectivity index (χ3v) is 5.37. The van der Waals surface area contributed by atoms with Crippen LogP contribution in [0.2, 0.25) is 0 Å². The molecule has 0 aliphatic heterocycles. The van der Waals surface area contributed by atoms with Gasteiger partial charge in [-0.2, -0.15) is 4.31 Å². The van der Waals surface area contributed by atoms with Crippen molar-refractivity contribution in [2.24, 2.45) is 0 Å². The van der Waals surface area contributed by atoms with E-state index in [9.17, 15) is 8.42 Å². The molecule has 0 spiro atoms. The number of hydrogen-bond acceptors (Lipinski definition) is 3. The van der Waals surface area contributed by atoms with Crippen molar-refractivity contribution in [1.29, 1.82) is 0 Å². The van der Waals surface area contributed by atoms with Gasteiger partial charge in [0.25, 0.3) is 0 Å². The lowest BCUT2D eigenvalue weighted by atomic mass is 10.3. The summed E-state index contributed by atoms with van der Waals surface area (Å²) in [4.78, 5) is 0. The van der Waals surface area contributed by atoms with E-state index < -0.39 is 10.0 Å². The molecule has 0 bridgehead atoms. The summed E-state index contributed by atoms with van der Waals surface area (Å²) in [5.74, 6) is 0. The Balaban J connectivity index is 2.63. The van der Waals surface area contributed by atoms with Crippen LogP contribution < -0.4 is 5.32 Å². The summed E-state index contributed by atoms with van der Waals surface area (Å²) in [6, 6.07) is 0.606. The van der Waals surface area contributed by atoms with Gasteiger partial charge in [-0.05, 0) is 26.2 Å². The Labute approximate surface area is 106 Å². The van der Waals surface area contributed by atoms with E-state index in [2.05, 4.69) is 5.32 Å².